The van der Waals surface area contributed by atoms with Crippen molar-refractivity contribution in [3.05, 3.63) is 66.0 Å². The van der Waals surface area contributed by atoms with Crippen molar-refractivity contribution in [2.75, 3.05) is 26.7 Å². The summed E-state index contributed by atoms with van der Waals surface area (Å²) in [5, 5.41) is 7.54. The summed E-state index contributed by atoms with van der Waals surface area (Å²) in [6, 6.07) is 18.0. The van der Waals surface area contributed by atoms with Crippen LogP contribution in [0.5, 0.6) is 5.75 Å². The number of hydrogen-bond donors (Lipinski definition) is 1. The Morgan fingerprint density at radius 1 is 1.15 bits per heavy atom. The van der Waals surface area contributed by atoms with Gasteiger partial charge in [0.15, 0.2) is 5.82 Å². The van der Waals surface area contributed by atoms with Crippen LogP contribution in [0.1, 0.15) is 17.4 Å². The van der Waals surface area contributed by atoms with Gasteiger partial charge in [0.1, 0.15) is 12.4 Å². The molecule has 7 heteroatoms. The van der Waals surface area contributed by atoms with Gasteiger partial charge in [-0.05, 0) is 36.9 Å². The van der Waals surface area contributed by atoms with E-state index in [4.69, 9.17) is 9.26 Å². The molecule has 1 aliphatic heterocycles. The number of aromatic nitrogens is 2. The third-order valence-corrected chi connectivity index (χ3v) is 4.60. The summed E-state index contributed by atoms with van der Waals surface area (Å²) in [5.74, 6) is 2.14. The van der Waals surface area contributed by atoms with Crippen LogP contribution in [0.2, 0.25) is 0 Å². The molecular weight excluding hydrogens is 364 g/mol. The fourth-order valence-corrected chi connectivity index (χ4v) is 3.01. The second-order valence-corrected chi connectivity index (χ2v) is 6.46. The molecule has 3 aromatic rings. The van der Waals surface area contributed by atoms with Crippen molar-refractivity contribution < 1.29 is 9.26 Å². The molecule has 0 spiro atoms. The standard InChI is InChI=1S/C20H22N4O2.ClH/c1-24-12-11-21-13-18(24)19-22-20(26-23-19)16-9-7-15(8-10-16)14-25-17-5-3-2-4-6-17;/h2-10,18,21H,11-14H2,1H3;1H. The van der Waals surface area contributed by atoms with E-state index >= 15 is 0 Å². The quantitative estimate of drug-likeness (QED) is 0.725. The van der Waals surface area contributed by atoms with Crippen LogP contribution in [0.15, 0.2) is 59.1 Å². The molecule has 0 saturated carbocycles. The molecule has 0 radical (unpaired) electrons. The summed E-state index contributed by atoms with van der Waals surface area (Å²) >= 11 is 0. The number of benzene rings is 2. The Morgan fingerprint density at radius 3 is 2.67 bits per heavy atom. The minimum absolute atomic E-state index is 0. The van der Waals surface area contributed by atoms with Gasteiger partial charge < -0.3 is 14.6 Å². The maximum atomic E-state index is 5.77. The zero-order valence-electron chi connectivity index (χ0n) is 15.2. The second kappa shape index (κ2) is 8.99. The molecule has 4 rings (SSSR count). The fraction of sp³-hybridized carbons (Fsp3) is 0.300. The van der Waals surface area contributed by atoms with E-state index in [1.807, 2.05) is 54.6 Å². The molecule has 27 heavy (non-hydrogen) atoms. The molecule has 2 aromatic carbocycles. The molecule has 1 unspecified atom stereocenters. The molecule has 6 nitrogen and oxygen atoms in total. The van der Waals surface area contributed by atoms with Crippen LogP contribution in [0.25, 0.3) is 11.5 Å². The number of piperazine rings is 1. The first-order valence-corrected chi connectivity index (χ1v) is 8.81. The largest absolute Gasteiger partial charge is 0.489 e. The van der Waals surface area contributed by atoms with Gasteiger partial charge in [-0.3, -0.25) is 4.90 Å². The Balaban J connectivity index is 0.00000210. The van der Waals surface area contributed by atoms with Crippen LogP contribution in [0, 0.1) is 0 Å². The molecule has 0 amide bonds. The predicted molar refractivity (Wildman–Crippen MR) is 106 cm³/mol. The Hall–Kier alpha value is -2.41. The Bertz CT molecular complexity index is 839. The van der Waals surface area contributed by atoms with Crippen LogP contribution >= 0.6 is 12.4 Å². The number of likely N-dealkylation sites (N-methyl/N-ethyl adjacent to an activating group) is 1. The van der Waals surface area contributed by atoms with Crippen molar-refractivity contribution in [3.63, 3.8) is 0 Å². The maximum absolute atomic E-state index is 5.77. The van der Waals surface area contributed by atoms with Crippen molar-refractivity contribution in [1.29, 1.82) is 0 Å². The highest BCUT2D eigenvalue weighted by Crippen LogP contribution is 2.23. The van der Waals surface area contributed by atoms with Crippen LogP contribution < -0.4 is 10.1 Å². The molecule has 1 atom stereocenters. The third kappa shape index (κ3) is 4.66. The van der Waals surface area contributed by atoms with E-state index < -0.39 is 0 Å². The molecule has 1 N–H and O–H groups in total. The highest BCUT2D eigenvalue weighted by Gasteiger charge is 2.25. The van der Waals surface area contributed by atoms with Crippen molar-refractivity contribution in [2.45, 2.75) is 12.6 Å². The molecule has 1 aromatic heterocycles. The Morgan fingerprint density at radius 2 is 1.93 bits per heavy atom. The van der Waals surface area contributed by atoms with Crippen molar-refractivity contribution in [3.8, 4) is 17.2 Å². The lowest BCUT2D eigenvalue weighted by atomic mass is 10.1. The molecule has 1 aliphatic rings. The Labute approximate surface area is 164 Å². The number of para-hydroxylation sites is 1. The molecule has 2 heterocycles. The predicted octanol–water partition coefficient (Wildman–Crippen LogP) is 3.31. The van der Waals surface area contributed by atoms with E-state index in [1.54, 1.807) is 0 Å². The number of hydrogen-bond acceptors (Lipinski definition) is 6. The van der Waals surface area contributed by atoms with Gasteiger partial charge in [0, 0.05) is 25.2 Å². The topological polar surface area (TPSA) is 63.4 Å². The fourth-order valence-electron chi connectivity index (χ4n) is 3.01. The molecule has 0 bridgehead atoms. The zero-order chi connectivity index (χ0) is 17.8. The third-order valence-electron chi connectivity index (χ3n) is 4.60. The van der Waals surface area contributed by atoms with E-state index in [2.05, 4.69) is 27.4 Å². The molecule has 1 saturated heterocycles. The Kier molecular flexibility index (Phi) is 6.45. The van der Waals surface area contributed by atoms with Gasteiger partial charge in [-0.25, -0.2) is 0 Å². The van der Waals surface area contributed by atoms with Gasteiger partial charge in [-0.15, -0.1) is 12.4 Å². The highest BCUT2D eigenvalue weighted by molar-refractivity contribution is 5.85. The SMILES string of the molecule is CN1CCNCC1c1noc(-c2ccc(COc3ccccc3)cc2)n1.Cl. The lowest BCUT2D eigenvalue weighted by molar-refractivity contribution is 0.190. The van der Waals surface area contributed by atoms with Crippen molar-refractivity contribution >= 4 is 12.4 Å². The van der Waals surface area contributed by atoms with Gasteiger partial charge in [-0.2, -0.15) is 4.98 Å². The summed E-state index contributed by atoms with van der Waals surface area (Å²) in [7, 11) is 2.09. The number of nitrogens with zero attached hydrogens (tertiary/aromatic N) is 3. The van der Waals surface area contributed by atoms with E-state index in [-0.39, 0.29) is 18.4 Å². The lowest BCUT2D eigenvalue weighted by Gasteiger charge is -2.30. The van der Waals surface area contributed by atoms with E-state index in [1.165, 1.54) is 0 Å². The average molecular weight is 387 g/mol. The summed E-state index contributed by atoms with van der Waals surface area (Å²) in [6.07, 6.45) is 0. The van der Waals surface area contributed by atoms with Crippen LogP contribution in [0.4, 0.5) is 0 Å². The van der Waals surface area contributed by atoms with Crippen molar-refractivity contribution in [1.82, 2.24) is 20.4 Å². The second-order valence-electron chi connectivity index (χ2n) is 6.46. The first kappa shape index (κ1) is 19.4. The zero-order valence-corrected chi connectivity index (χ0v) is 16.0. The minimum Gasteiger partial charge on any atom is -0.489 e. The van der Waals surface area contributed by atoms with Crippen LogP contribution in [-0.2, 0) is 6.61 Å². The normalized spacial score (nSPS) is 17.3. The highest BCUT2D eigenvalue weighted by atomic mass is 35.5. The first-order chi connectivity index (χ1) is 12.8. The van der Waals surface area contributed by atoms with E-state index in [0.717, 1.165) is 42.3 Å². The molecular formula is C20H23ClN4O2. The number of nitrogens with one attached hydrogen (secondary N) is 1. The smallest absolute Gasteiger partial charge is 0.257 e. The maximum Gasteiger partial charge on any atom is 0.257 e. The monoisotopic (exact) mass is 386 g/mol. The molecule has 0 aliphatic carbocycles. The van der Waals surface area contributed by atoms with Crippen LogP contribution in [0.3, 0.4) is 0 Å². The summed E-state index contributed by atoms with van der Waals surface area (Å²) < 4.78 is 11.2. The lowest BCUT2D eigenvalue weighted by Crippen LogP contribution is -2.44. The number of halogens is 1. The minimum atomic E-state index is 0. The number of ether oxygens (including phenoxy) is 1. The van der Waals surface area contributed by atoms with Crippen molar-refractivity contribution in [2.24, 2.45) is 0 Å². The number of rotatable bonds is 5. The summed E-state index contributed by atoms with van der Waals surface area (Å²) in [6.45, 7) is 3.33. The summed E-state index contributed by atoms with van der Waals surface area (Å²) in [5.41, 5.74) is 2.01. The van der Waals surface area contributed by atoms with E-state index in [0.29, 0.717) is 12.5 Å². The van der Waals surface area contributed by atoms with Gasteiger partial charge >= 0.3 is 0 Å². The van der Waals surface area contributed by atoms with Gasteiger partial charge in [0.25, 0.3) is 5.89 Å². The molecule has 1 fully saturated rings. The van der Waals surface area contributed by atoms with Gasteiger partial charge in [0.05, 0.1) is 6.04 Å². The van der Waals surface area contributed by atoms with Gasteiger partial charge in [-0.1, -0.05) is 35.5 Å². The van der Waals surface area contributed by atoms with E-state index in [9.17, 15) is 0 Å². The molecule has 142 valence electrons. The van der Waals surface area contributed by atoms with Gasteiger partial charge in [0.2, 0.25) is 0 Å². The average Bonchev–Trinajstić information content (AvgIpc) is 3.18. The first-order valence-electron chi connectivity index (χ1n) is 8.81. The van der Waals surface area contributed by atoms with Crippen LogP contribution in [-0.4, -0.2) is 41.7 Å². The summed E-state index contributed by atoms with van der Waals surface area (Å²) in [4.78, 5) is 6.83.